The molecule has 2 aromatic carbocycles. The lowest BCUT2D eigenvalue weighted by atomic mass is 10.1. The minimum Gasteiger partial charge on any atom is -0.497 e. The van der Waals surface area contributed by atoms with Crippen LogP contribution in [0.4, 0.5) is 5.69 Å². The van der Waals surface area contributed by atoms with Crippen molar-refractivity contribution in [3.8, 4) is 11.5 Å². The van der Waals surface area contributed by atoms with Crippen molar-refractivity contribution in [1.29, 1.82) is 0 Å². The average Bonchev–Trinajstić information content (AvgIpc) is 3.16. The molecule has 0 aliphatic carbocycles. The van der Waals surface area contributed by atoms with E-state index in [2.05, 4.69) is 5.32 Å². The summed E-state index contributed by atoms with van der Waals surface area (Å²) in [6.45, 7) is 6.36. The summed E-state index contributed by atoms with van der Waals surface area (Å²) in [6.07, 6.45) is 1.77. The fraction of sp³-hybridized carbons (Fsp3) is 0.348. The molecule has 1 aromatic heterocycles. The van der Waals surface area contributed by atoms with Crippen molar-refractivity contribution in [3.05, 3.63) is 52.7 Å². The fourth-order valence-corrected chi connectivity index (χ4v) is 3.13. The van der Waals surface area contributed by atoms with E-state index in [0.29, 0.717) is 28.7 Å². The highest BCUT2D eigenvalue weighted by Crippen LogP contribution is 2.33. The van der Waals surface area contributed by atoms with Crippen molar-refractivity contribution in [2.75, 3.05) is 26.1 Å². The first kappa shape index (κ1) is 23.4. The third-order valence-electron chi connectivity index (χ3n) is 4.29. The van der Waals surface area contributed by atoms with Crippen LogP contribution in [-0.2, 0) is 22.6 Å². The van der Waals surface area contributed by atoms with Gasteiger partial charge in [-0.1, -0.05) is 31.5 Å². The van der Waals surface area contributed by atoms with Gasteiger partial charge in [0, 0.05) is 34.6 Å². The first-order valence-electron chi connectivity index (χ1n) is 9.88. The summed E-state index contributed by atoms with van der Waals surface area (Å²) in [6, 6.07) is 8.98. The molecule has 0 atom stereocenters. The van der Waals surface area contributed by atoms with Gasteiger partial charge in [0.25, 0.3) is 0 Å². The predicted molar refractivity (Wildman–Crippen MR) is 120 cm³/mol. The number of rotatable bonds is 8. The second kappa shape index (κ2) is 11.4. The maximum atomic E-state index is 11.9. The first-order chi connectivity index (χ1) is 14.5. The van der Waals surface area contributed by atoms with Gasteiger partial charge in [0.1, 0.15) is 18.1 Å². The number of ether oxygens (including phenoxy) is 3. The summed E-state index contributed by atoms with van der Waals surface area (Å²) in [7, 11) is 3.39. The van der Waals surface area contributed by atoms with Crippen LogP contribution in [-0.4, -0.2) is 26.7 Å². The van der Waals surface area contributed by atoms with Crippen LogP contribution in [0.15, 0.2) is 41.0 Å². The number of carbonyl (C=O) groups is 1. The molecule has 0 unspecified atom stereocenters. The van der Waals surface area contributed by atoms with E-state index in [1.165, 1.54) is 0 Å². The molecule has 0 fully saturated rings. The molecule has 0 spiro atoms. The molecule has 6 nitrogen and oxygen atoms in total. The van der Waals surface area contributed by atoms with E-state index in [-0.39, 0.29) is 19.0 Å². The summed E-state index contributed by atoms with van der Waals surface area (Å²) in [5, 5.41) is 4.54. The third-order valence-corrected chi connectivity index (χ3v) is 4.50. The average molecular weight is 434 g/mol. The van der Waals surface area contributed by atoms with Crippen LogP contribution in [0.1, 0.15) is 31.9 Å². The van der Waals surface area contributed by atoms with Crippen LogP contribution in [0.3, 0.4) is 0 Å². The summed E-state index contributed by atoms with van der Waals surface area (Å²) < 4.78 is 22.0. The second-order valence-electron chi connectivity index (χ2n) is 6.09. The van der Waals surface area contributed by atoms with Gasteiger partial charge in [-0.15, -0.1) is 0 Å². The number of furan rings is 1. The molecule has 0 saturated carbocycles. The number of nitrogens with one attached hydrogen (secondary N) is 1. The monoisotopic (exact) mass is 433 g/mol. The lowest BCUT2D eigenvalue weighted by Crippen LogP contribution is -2.09. The Morgan fingerprint density at radius 2 is 1.93 bits per heavy atom. The zero-order chi connectivity index (χ0) is 22.1. The van der Waals surface area contributed by atoms with E-state index >= 15 is 0 Å². The van der Waals surface area contributed by atoms with Crippen molar-refractivity contribution in [2.24, 2.45) is 0 Å². The number of benzene rings is 2. The number of hydrogen-bond donors (Lipinski definition) is 1. The second-order valence-corrected chi connectivity index (χ2v) is 6.52. The van der Waals surface area contributed by atoms with Gasteiger partial charge in [0.2, 0.25) is 0 Å². The number of carbonyl (C=O) groups excluding carboxylic acids is 1. The van der Waals surface area contributed by atoms with Crippen molar-refractivity contribution < 1.29 is 23.4 Å². The Hall–Kier alpha value is -2.86. The quantitative estimate of drug-likeness (QED) is 0.449. The topological polar surface area (TPSA) is 69.9 Å². The van der Waals surface area contributed by atoms with Gasteiger partial charge in [-0.3, -0.25) is 4.79 Å². The van der Waals surface area contributed by atoms with Crippen molar-refractivity contribution in [2.45, 2.75) is 33.8 Å². The predicted octanol–water partition coefficient (Wildman–Crippen LogP) is 5.85. The Labute approximate surface area is 182 Å². The van der Waals surface area contributed by atoms with Crippen molar-refractivity contribution in [1.82, 2.24) is 0 Å². The number of hydrogen-bond acceptors (Lipinski definition) is 6. The minimum atomic E-state index is -0.309. The highest BCUT2D eigenvalue weighted by molar-refractivity contribution is 6.31. The van der Waals surface area contributed by atoms with E-state index in [1.807, 2.05) is 27.0 Å². The highest BCUT2D eigenvalue weighted by atomic mass is 35.5. The molecule has 1 heterocycles. The zero-order valence-corrected chi connectivity index (χ0v) is 18.8. The Bertz CT molecular complexity index is 983. The summed E-state index contributed by atoms with van der Waals surface area (Å²) >= 11 is 6.21. The van der Waals surface area contributed by atoms with Crippen LogP contribution >= 0.6 is 11.6 Å². The molecule has 0 aliphatic rings. The SMILES string of the molecule is CC.CCOC(=O)Cc1ccc(OC)cc1OCc1coc2c(NC)cc(Cl)cc12. The maximum Gasteiger partial charge on any atom is 0.310 e. The molecule has 7 heteroatoms. The number of methoxy groups -OCH3 is 1. The molecule has 3 rings (SSSR count). The van der Waals surface area contributed by atoms with Crippen LogP contribution < -0.4 is 14.8 Å². The summed E-state index contributed by atoms with van der Waals surface area (Å²) in [4.78, 5) is 11.9. The molecule has 0 aliphatic heterocycles. The first-order valence-corrected chi connectivity index (χ1v) is 10.3. The van der Waals surface area contributed by atoms with Crippen molar-refractivity contribution in [3.63, 3.8) is 0 Å². The molecule has 0 amide bonds. The molecule has 0 bridgehead atoms. The van der Waals surface area contributed by atoms with Crippen LogP contribution in [0.5, 0.6) is 11.5 Å². The van der Waals surface area contributed by atoms with Crippen LogP contribution in [0.25, 0.3) is 11.0 Å². The van der Waals surface area contributed by atoms with Crippen LogP contribution in [0.2, 0.25) is 5.02 Å². The van der Waals surface area contributed by atoms with Crippen molar-refractivity contribution >= 4 is 34.2 Å². The highest BCUT2D eigenvalue weighted by Gasteiger charge is 2.15. The maximum absolute atomic E-state index is 11.9. The number of esters is 1. The van der Waals surface area contributed by atoms with Gasteiger partial charge in [0.15, 0.2) is 5.58 Å². The molecular weight excluding hydrogens is 406 g/mol. The van der Waals surface area contributed by atoms with Gasteiger partial charge in [-0.05, 0) is 25.1 Å². The normalized spacial score (nSPS) is 10.2. The number of anilines is 1. The summed E-state index contributed by atoms with van der Waals surface area (Å²) in [5.41, 5.74) is 3.08. The Kier molecular flexibility index (Phi) is 8.87. The molecule has 162 valence electrons. The van der Waals surface area contributed by atoms with E-state index in [1.54, 1.807) is 44.6 Å². The van der Waals surface area contributed by atoms with E-state index in [0.717, 1.165) is 22.2 Å². The van der Waals surface area contributed by atoms with E-state index in [4.69, 9.17) is 30.2 Å². The van der Waals surface area contributed by atoms with Gasteiger partial charge < -0.3 is 23.9 Å². The Morgan fingerprint density at radius 1 is 1.17 bits per heavy atom. The number of halogens is 1. The molecular formula is C23H28ClNO5. The molecule has 3 aromatic rings. The zero-order valence-electron chi connectivity index (χ0n) is 18.0. The van der Waals surface area contributed by atoms with Gasteiger partial charge in [-0.25, -0.2) is 0 Å². The van der Waals surface area contributed by atoms with E-state index in [9.17, 15) is 4.79 Å². The Morgan fingerprint density at radius 3 is 2.60 bits per heavy atom. The smallest absolute Gasteiger partial charge is 0.310 e. The van der Waals surface area contributed by atoms with Gasteiger partial charge in [-0.2, -0.15) is 0 Å². The lowest BCUT2D eigenvalue weighted by molar-refractivity contribution is -0.142. The lowest BCUT2D eigenvalue weighted by Gasteiger charge is -2.12. The standard InChI is InChI=1S/C21H22ClNO5.C2H6/c1-4-26-20(24)7-13-5-6-16(25-3)10-19(13)27-11-14-12-28-21-17(14)8-15(22)9-18(21)23-2;1-2/h5-6,8-10,12,23H,4,7,11H2,1-3H3;1-2H3. The van der Waals surface area contributed by atoms with Crippen LogP contribution in [0, 0.1) is 0 Å². The molecule has 0 radical (unpaired) electrons. The number of fused-ring (bicyclic) bond motifs is 1. The molecule has 1 N–H and O–H groups in total. The largest absolute Gasteiger partial charge is 0.497 e. The summed E-state index contributed by atoms with van der Waals surface area (Å²) in [5.74, 6) is 0.884. The third kappa shape index (κ3) is 5.60. The van der Waals surface area contributed by atoms with Gasteiger partial charge >= 0.3 is 5.97 Å². The van der Waals surface area contributed by atoms with E-state index < -0.39 is 0 Å². The molecule has 0 saturated heterocycles. The minimum absolute atomic E-state index is 0.120. The Balaban J connectivity index is 0.00000155. The fourth-order valence-electron chi connectivity index (χ4n) is 2.92. The molecule has 30 heavy (non-hydrogen) atoms. The van der Waals surface area contributed by atoms with Gasteiger partial charge in [0.05, 0.1) is 32.1 Å².